The van der Waals surface area contributed by atoms with Crippen molar-refractivity contribution in [1.82, 2.24) is 5.16 Å². The molecule has 0 saturated carbocycles. The van der Waals surface area contributed by atoms with Crippen molar-refractivity contribution in [2.24, 2.45) is 0 Å². The first-order valence-electron chi connectivity index (χ1n) is 6.06. The van der Waals surface area contributed by atoms with Crippen molar-refractivity contribution in [3.05, 3.63) is 52.4 Å². The van der Waals surface area contributed by atoms with E-state index in [1.165, 1.54) is 0 Å². The summed E-state index contributed by atoms with van der Waals surface area (Å²) in [6, 6.07) is 9.24. The molecule has 0 atom stereocenters. The van der Waals surface area contributed by atoms with Gasteiger partial charge in [0.05, 0.1) is 6.61 Å². The Morgan fingerprint density at radius 3 is 2.74 bits per heavy atom. The maximum absolute atomic E-state index is 11.4. The topological polar surface area (TPSA) is 52.3 Å². The average molecular weight is 280 g/mol. The number of nitrogens with zero attached hydrogens (tertiary/aromatic N) is 1. The number of rotatable bonds is 5. The SMILES string of the molecule is CCOC(=O)c1cc(CCc2ccc(Cl)cc2)on1. The molecule has 1 heterocycles. The molecule has 0 spiro atoms. The van der Waals surface area contributed by atoms with Gasteiger partial charge in [-0.3, -0.25) is 0 Å². The Bertz CT molecular complexity index is 548. The van der Waals surface area contributed by atoms with Crippen LogP contribution in [0.25, 0.3) is 0 Å². The average Bonchev–Trinajstić information content (AvgIpc) is 2.87. The molecule has 0 fully saturated rings. The lowest BCUT2D eigenvalue weighted by molar-refractivity contribution is 0.0514. The van der Waals surface area contributed by atoms with Crippen molar-refractivity contribution in [2.45, 2.75) is 19.8 Å². The van der Waals surface area contributed by atoms with E-state index in [4.69, 9.17) is 20.9 Å². The molecule has 0 radical (unpaired) electrons. The van der Waals surface area contributed by atoms with Crippen molar-refractivity contribution in [1.29, 1.82) is 0 Å². The summed E-state index contributed by atoms with van der Waals surface area (Å²) in [6.45, 7) is 2.07. The molecule has 19 heavy (non-hydrogen) atoms. The molecule has 0 aliphatic carbocycles. The Hall–Kier alpha value is -1.81. The molecule has 2 aromatic rings. The predicted octanol–water partition coefficient (Wildman–Crippen LogP) is 3.29. The molecule has 0 unspecified atom stereocenters. The van der Waals surface area contributed by atoms with E-state index in [1.54, 1.807) is 13.0 Å². The second-order valence-corrected chi connectivity index (χ2v) is 4.46. The van der Waals surface area contributed by atoms with Crippen LogP contribution in [0.3, 0.4) is 0 Å². The summed E-state index contributed by atoms with van der Waals surface area (Å²) in [4.78, 5) is 11.4. The fourth-order valence-electron chi connectivity index (χ4n) is 1.65. The molecule has 0 N–H and O–H groups in total. The van der Waals surface area contributed by atoms with Crippen LogP contribution in [0.5, 0.6) is 0 Å². The third-order valence-electron chi connectivity index (χ3n) is 2.62. The molecular weight excluding hydrogens is 266 g/mol. The van der Waals surface area contributed by atoms with Gasteiger partial charge in [-0.05, 0) is 31.0 Å². The molecule has 0 aliphatic heterocycles. The molecular formula is C14H14ClNO3. The van der Waals surface area contributed by atoms with Crippen LogP contribution in [-0.4, -0.2) is 17.7 Å². The Morgan fingerprint density at radius 1 is 1.32 bits per heavy atom. The van der Waals surface area contributed by atoms with Crippen molar-refractivity contribution in [3.63, 3.8) is 0 Å². The number of hydrogen-bond acceptors (Lipinski definition) is 4. The lowest BCUT2D eigenvalue weighted by atomic mass is 10.1. The van der Waals surface area contributed by atoms with E-state index in [1.807, 2.05) is 24.3 Å². The number of halogens is 1. The Kier molecular flexibility index (Phi) is 4.58. The second-order valence-electron chi connectivity index (χ2n) is 4.03. The predicted molar refractivity (Wildman–Crippen MR) is 71.3 cm³/mol. The molecule has 0 amide bonds. The number of hydrogen-bond donors (Lipinski definition) is 0. The summed E-state index contributed by atoms with van der Waals surface area (Å²) in [6.07, 6.45) is 1.47. The van der Waals surface area contributed by atoms with Gasteiger partial charge in [0.15, 0.2) is 5.69 Å². The molecule has 0 bridgehead atoms. The van der Waals surface area contributed by atoms with Crippen molar-refractivity contribution in [2.75, 3.05) is 6.61 Å². The zero-order chi connectivity index (χ0) is 13.7. The van der Waals surface area contributed by atoms with Gasteiger partial charge < -0.3 is 9.26 Å². The van der Waals surface area contributed by atoms with Crippen LogP contribution in [-0.2, 0) is 17.6 Å². The van der Waals surface area contributed by atoms with E-state index in [0.717, 1.165) is 12.0 Å². The minimum Gasteiger partial charge on any atom is -0.461 e. The molecule has 0 aliphatic rings. The van der Waals surface area contributed by atoms with Gasteiger partial charge in [0.2, 0.25) is 0 Å². The highest BCUT2D eigenvalue weighted by Crippen LogP contribution is 2.13. The van der Waals surface area contributed by atoms with Gasteiger partial charge in [0.1, 0.15) is 5.76 Å². The quantitative estimate of drug-likeness (QED) is 0.788. The first-order valence-corrected chi connectivity index (χ1v) is 6.44. The normalized spacial score (nSPS) is 10.4. The summed E-state index contributed by atoms with van der Waals surface area (Å²) in [5.41, 5.74) is 1.37. The lowest BCUT2D eigenvalue weighted by Gasteiger charge is -1.98. The van der Waals surface area contributed by atoms with Crippen LogP contribution < -0.4 is 0 Å². The lowest BCUT2D eigenvalue weighted by Crippen LogP contribution is -2.04. The highest BCUT2D eigenvalue weighted by molar-refractivity contribution is 6.30. The standard InChI is InChI=1S/C14H14ClNO3/c1-2-18-14(17)13-9-12(19-16-13)8-5-10-3-6-11(15)7-4-10/h3-4,6-7,9H,2,5,8H2,1H3. The van der Waals surface area contributed by atoms with E-state index < -0.39 is 5.97 Å². The maximum atomic E-state index is 11.4. The van der Waals surface area contributed by atoms with Crippen molar-refractivity contribution < 1.29 is 14.1 Å². The van der Waals surface area contributed by atoms with E-state index in [-0.39, 0.29) is 5.69 Å². The monoisotopic (exact) mass is 279 g/mol. The van der Waals surface area contributed by atoms with E-state index in [0.29, 0.717) is 23.8 Å². The largest absolute Gasteiger partial charge is 0.461 e. The van der Waals surface area contributed by atoms with Gasteiger partial charge >= 0.3 is 5.97 Å². The van der Waals surface area contributed by atoms with Gasteiger partial charge in [-0.15, -0.1) is 0 Å². The van der Waals surface area contributed by atoms with Gasteiger partial charge in [-0.25, -0.2) is 4.79 Å². The Balaban J connectivity index is 1.93. The van der Waals surface area contributed by atoms with Crippen LogP contribution in [0, 0.1) is 0 Å². The summed E-state index contributed by atoms with van der Waals surface area (Å²) in [7, 11) is 0. The first-order chi connectivity index (χ1) is 9.19. The second kappa shape index (κ2) is 6.38. The van der Waals surface area contributed by atoms with E-state index in [2.05, 4.69) is 5.16 Å². The van der Waals surface area contributed by atoms with E-state index in [9.17, 15) is 4.79 Å². The molecule has 4 nitrogen and oxygen atoms in total. The summed E-state index contributed by atoms with van der Waals surface area (Å²) in [5, 5.41) is 4.41. The highest BCUT2D eigenvalue weighted by atomic mass is 35.5. The fraction of sp³-hybridized carbons (Fsp3) is 0.286. The highest BCUT2D eigenvalue weighted by Gasteiger charge is 2.13. The molecule has 100 valence electrons. The smallest absolute Gasteiger partial charge is 0.360 e. The number of aromatic nitrogens is 1. The fourth-order valence-corrected chi connectivity index (χ4v) is 1.78. The molecule has 5 heteroatoms. The van der Waals surface area contributed by atoms with Crippen molar-refractivity contribution >= 4 is 17.6 Å². The summed E-state index contributed by atoms with van der Waals surface area (Å²) >= 11 is 5.82. The number of benzene rings is 1. The third-order valence-corrected chi connectivity index (χ3v) is 2.87. The van der Waals surface area contributed by atoms with Crippen LogP contribution in [0.4, 0.5) is 0 Å². The minimum absolute atomic E-state index is 0.216. The molecule has 1 aromatic heterocycles. The number of carbonyl (C=O) groups excluding carboxylic acids is 1. The van der Waals surface area contributed by atoms with Crippen LogP contribution in [0.2, 0.25) is 5.02 Å². The minimum atomic E-state index is -0.455. The van der Waals surface area contributed by atoms with E-state index >= 15 is 0 Å². The Morgan fingerprint density at radius 2 is 2.05 bits per heavy atom. The molecule has 1 aromatic carbocycles. The summed E-state index contributed by atoms with van der Waals surface area (Å²) in [5.74, 6) is 0.210. The zero-order valence-electron chi connectivity index (χ0n) is 10.6. The van der Waals surface area contributed by atoms with Crippen LogP contribution >= 0.6 is 11.6 Å². The first kappa shape index (κ1) is 13.6. The van der Waals surface area contributed by atoms with Gasteiger partial charge in [0, 0.05) is 17.5 Å². The maximum Gasteiger partial charge on any atom is 0.360 e. The summed E-state index contributed by atoms with van der Waals surface area (Å²) < 4.78 is 9.94. The molecule has 0 saturated heterocycles. The van der Waals surface area contributed by atoms with Gasteiger partial charge in [-0.2, -0.15) is 0 Å². The number of carbonyl (C=O) groups is 1. The van der Waals surface area contributed by atoms with Crippen molar-refractivity contribution in [3.8, 4) is 0 Å². The zero-order valence-corrected chi connectivity index (χ0v) is 11.3. The van der Waals surface area contributed by atoms with Crippen LogP contribution in [0.1, 0.15) is 28.7 Å². The van der Waals surface area contributed by atoms with Gasteiger partial charge in [0.25, 0.3) is 0 Å². The third kappa shape index (κ3) is 3.83. The Labute approximate surface area is 116 Å². The molecule has 2 rings (SSSR count). The van der Waals surface area contributed by atoms with Gasteiger partial charge in [-0.1, -0.05) is 28.9 Å². The number of aryl methyl sites for hydroxylation is 2. The van der Waals surface area contributed by atoms with Crippen LogP contribution in [0.15, 0.2) is 34.9 Å². The number of esters is 1. The number of ether oxygens (including phenoxy) is 1.